The highest BCUT2D eigenvalue weighted by Crippen LogP contribution is 2.43. The van der Waals surface area contributed by atoms with Crippen LogP contribution in [-0.2, 0) is 6.18 Å². The van der Waals surface area contributed by atoms with Crippen LogP contribution in [0.2, 0.25) is 10.0 Å². The monoisotopic (exact) mass is 361 g/mol. The Hall–Kier alpha value is -1.72. The van der Waals surface area contributed by atoms with Gasteiger partial charge in [-0.1, -0.05) is 35.3 Å². The average molecular weight is 362 g/mol. The third-order valence-corrected chi connectivity index (χ3v) is 3.85. The summed E-state index contributed by atoms with van der Waals surface area (Å²) in [5.41, 5.74) is -0.264. The van der Waals surface area contributed by atoms with Gasteiger partial charge in [0.05, 0.1) is 10.6 Å². The second-order valence-corrected chi connectivity index (χ2v) is 5.51. The highest BCUT2D eigenvalue weighted by Gasteiger charge is 2.34. The number of hydrogen-bond acceptors (Lipinski definition) is 1. The minimum absolute atomic E-state index is 0.0503. The molecule has 0 aliphatic rings. The minimum atomic E-state index is -4.59. The maximum Gasteiger partial charge on any atom is 0.417 e. The molecule has 2 aromatic rings. The summed E-state index contributed by atoms with van der Waals surface area (Å²) in [5.74, 6) is -0.325. The fraction of sp³-hybridized carbons (Fsp3) is 0.188. The first kappa shape index (κ1) is 17.6. The molecule has 0 radical (unpaired) electrons. The Labute approximate surface area is 141 Å². The second kappa shape index (κ2) is 6.81. The van der Waals surface area contributed by atoms with Crippen molar-refractivity contribution in [1.29, 1.82) is 0 Å². The van der Waals surface area contributed by atoms with Crippen LogP contribution in [0.25, 0.3) is 11.1 Å². The summed E-state index contributed by atoms with van der Waals surface area (Å²) in [6.45, 7) is 2.20. The van der Waals surface area contributed by atoms with Crippen molar-refractivity contribution in [2.24, 2.45) is 0 Å². The van der Waals surface area contributed by atoms with Gasteiger partial charge in [-0.05, 0) is 36.8 Å². The van der Waals surface area contributed by atoms with E-state index in [-0.39, 0.29) is 16.5 Å². The highest BCUT2D eigenvalue weighted by atomic mass is 35.5. The lowest BCUT2D eigenvalue weighted by atomic mass is 10.00. The zero-order chi connectivity index (χ0) is 17.2. The fourth-order valence-electron chi connectivity index (χ4n) is 2.11. The lowest BCUT2D eigenvalue weighted by molar-refractivity contribution is -0.137. The van der Waals surface area contributed by atoms with Crippen molar-refractivity contribution < 1.29 is 18.0 Å². The standard InChI is InChI=1S/C16H12Cl2F3NO/c1-2-22-15(23)10-5-3-4-9(8-10)13-12(17)7-6-11(14(13)18)16(19,20)21/h3-8H,2H2,1H3,(H,22,23). The predicted molar refractivity (Wildman–Crippen MR) is 84.9 cm³/mol. The molecule has 0 aliphatic heterocycles. The van der Waals surface area contributed by atoms with E-state index < -0.39 is 16.8 Å². The van der Waals surface area contributed by atoms with Crippen molar-refractivity contribution in [1.82, 2.24) is 5.32 Å². The van der Waals surface area contributed by atoms with Crippen LogP contribution in [0.5, 0.6) is 0 Å². The third-order valence-electron chi connectivity index (χ3n) is 3.15. The average Bonchev–Trinajstić information content (AvgIpc) is 2.46. The molecule has 0 spiro atoms. The molecule has 122 valence electrons. The van der Waals surface area contributed by atoms with Crippen LogP contribution < -0.4 is 5.32 Å². The maximum absolute atomic E-state index is 13.0. The summed E-state index contributed by atoms with van der Waals surface area (Å²) in [7, 11) is 0. The van der Waals surface area contributed by atoms with Gasteiger partial charge in [0.1, 0.15) is 0 Å². The van der Waals surface area contributed by atoms with Gasteiger partial charge in [0, 0.05) is 22.7 Å². The van der Waals surface area contributed by atoms with Crippen molar-refractivity contribution in [3.8, 4) is 11.1 Å². The van der Waals surface area contributed by atoms with Gasteiger partial charge in [-0.15, -0.1) is 0 Å². The van der Waals surface area contributed by atoms with Gasteiger partial charge in [0.15, 0.2) is 0 Å². The molecule has 0 aliphatic carbocycles. The van der Waals surface area contributed by atoms with Crippen molar-refractivity contribution in [3.63, 3.8) is 0 Å². The zero-order valence-corrected chi connectivity index (χ0v) is 13.5. The molecule has 0 heterocycles. The Morgan fingerprint density at radius 3 is 2.48 bits per heavy atom. The van der Waals surface area contributed by atoms with Crippen molar-refractivity contribution >= 4 is 29.1 Å². The lowest BCUT2D eigenvalue weighted by Crippen LogP contribution is -2.22. The molecule has 0 aromatic heterocycles. The van der Waals surface area contributed by atoms with E-state index in [2.05, 4.69) is 5.32 Å². The molecule has 0 saturated carbocycles. The largest absolute Gasteiger partial charge is 0.417 e. The zero-order valence-electron chi connectivity index (χ0n) is 12.0. The maximum atomic E-state index is 13.0. The SMILES string of the molecule is CCNC(=O)c1cccc(-c2c(Cl)ccc(C(F)(F)F)c2Cl)c1. The number of amides is 1. The van der Waals surface area contributed by atoms with Crippen molar-refractivity contribution in [2.45, 2.75) is 13.1 Å². The van der Waals surface area contributed by atoms with Crippen LogP contribution in [0.3, 0.4) is 0 Å². The van der Waals surface area contributed by atoms with Gasteiger partial charge < -0.3 is 5.32 Å². The van der Waals surface area contributed by atoms with E-state index in [4.69, 9.17) is 23.2 Å². The Kier molecular flexibility index (Phi) is 5.22. The van der Waals surface area contributed by atoms with Crippen LogP contribution in [0.4, 0.5) is 13.2 Å². The lowest BCUT2D eigenvalue weighted by Gasteiger charge is -2.14. The summed E-state index contributed by atoms with van der Waals surface area (Å²) in [6, 6.07) is 8.11. The summed E-state index contributed by atoms with van der Waals surface area (Å²) in [4.78, 5) is 11.9. The summed E-state index contributed by atoms with van der Waals surface area (Å²) < 4.78 is 39.0. The molecule has 0 bridgehead atoms. The van der Waals surface area contributed by atoms with Crippen LogP contribution in [0, 0.1) is 0 Å². The third kappa shape index (κ3) is 3.79. The Bertz CT molecular complexity index is 745. The smallest absolute Gasteiger partial charge is 0.352 e. The molecule has 7 heteroatoms. The number of halogens is 5. The van der Waals surface area contributed by atoms with Crippen molar-refractivity contribution in [3.05, 3.63) is 57.6 Å². The van der Waals surface area contributed by atoms with E-state index in [0.717, 1.165) is 12.1 Å². The molecular formula is C16H12Cl2F3NO. The number of carbonyl (C=O) groups is 1. The van der Waals surface area contributed by atoms with E-state index in [1.807, 2.05) is 0 Å². The first-order valence-corrected chi connectivity index (χ1v) is 7.45. The number of alkyl halides is 3. The molecule has 2 aromatic carbocycles. The quantitative estimate of drug-likeness (QED) is 0.775. The van der Waals surface area contributed by atoms with Crippen LogP contribution in [0.15, 0.2) is 36.4 Å². The second-order valence-electron chi connectivity index (χ2n) is 4.72. The van der Waals surface area contributed by atoms with Gasteiger partial charge in [0.25, 0.3) is 5.91 Å². The van der Waals surface area contributed by atoms with E-state index >= 15 is 0 Å². The van der Waals surface area contributed by atoms with Crippen LogP contribution in [-0.4, -0.2) is 12.5 Å². The van der Waals surface area contributed by atoms with Gasteiger partial charge in [-0.2, -0.15) is 13.2 Å². The van der Waals surface area contributed by atoms with Gasteiger partial charge >= 0.3 is 6.18 Å². The molecular weight excluding hydrogens is 350 g/mol. The first-order valence-electron chi connectivity index (χ1n) is 6.69. The highest BCUT2D eigenvalue weighted by molar-refractivity contribution is 6.39. The number of carbonyl (C=O) groups excluding carboxylic acids is 1. The fourth-order valence-corrected chi connectivity index (χ4v) is 2.81. The Morgan fingerprint density at radius 1 is 1.17 bits per heavy atom. The van der Waals surface area contributed by atoms with Gasteiger partial charge in [-0.3, -0.25) is 4.79 Å². The number of nitrogens with one attached hydrogen (secondary N) is 1. The predicted octanol–water partition coefficient (Wildman–Crippen LogP) is 5.43. The van der Waals surface area contributed by atoms with Crippen LogP contribution >= 0.6 is 23.2 Å². The number of hydrogen-bond donors (Lipinski definition) is 1. The van der Waals surface area contributed by atoms with E-state index in [1.54, 1.807) is 25.1 Å². The van der Waals surface area contributed by atoms with Gasteiger partial charge in [0.2, 0.25) is 0 Å². The molecule has 0 saturated heterocycles. The van der Waals surface area contributed by atoms with Gasteiger partial charge in [-0.25, -0.2) is 0 Å². The van der Waals surface area contributed by atoms with E-state index in [0.29, 0.717) is 17.7 Å². The summed E-state index contributed by atoms with van der Waals surface area (Å²) >= 11 is 11.9. The number of rotatable bonds is 3. The van der Waals surface area contributed by atoms with Crippen molar-refractivity contribution in [2.75, 3.05) is 6.54 Å². The molecule has 0 fully saturated rings. The van der Waals surface area contributed by atoms with E-state index in [9.17, 15) is 18.0 Å². The molecule has 0 unspecified atom stereocenters. The molecule has 2 rings (SSSR count). The Balaban J connectivity index is 2.59. The molecule has 1 N–H and O–H groups in total. The first-order chi connectivity index (χ1) is 10.8. The molecule has 2 nitrogen and oxygen atoms in total. The molecule has 23 heavy (non-hydrogen) atoms. The molecule has 0 atom stereocenters. The summed E-state index contributed by atoms with van der Waals surface area (Å²) in [5, 5.41) is 2.21. The minimum Gasteiger partial charge on any atom is -0.352 e. The topological polar surface area (TPSA) is 29.1 Å². The summed E-state index contributed by atoms with van der Waals surface area (Å²) in [6.07, 6.45) is -4.59. The Morgan fingerprint density at radius 2 is 1.87 bits per heavy atom. The van der Waals surface area contributed by atoms with E-state index in [1.165, 1.54) is 6.07 Å². The normalized spacial score (nSPS) is 11.4. The number of benzene rings is 2. The van der Waals surface area contributed by atoms with Crippen LogP contribution in [0.1, 0.15) is 22.8 Å². The molecule has 1 amide bonds.